The first-order valence-electron chi connectivity index (χ1n) is 6.76. The molecule has 22 heavy (non-hydrogen) atoms. The van der Waals surface area contributed by atoms with E-state index in [1.165, 1.54) is 0 Å². The third-order valence-corrected chi connectivity index (χ3v) is 5.02. The molecule has 1 aliphatic heterocycles. The predicted molar refractivity (Wildman–Crippen MR) is 86.3 cm³/mol. The van der Waals surface area contributed by atoms with Crippen molar-refractivity contribution < 1.29 is 4.79 Å². The van der Waals surface area contributed by atoms with Crippen LogP contribution in [0.25, 0.3) is 5.69 Å². The lowest BCUT2D eigenvalue weighted by Gasteiger charge is -2.20. The molecule has 0 radical (unpaired) electrons. The van der Waals surface area contributed by atoms with Gasteiger partial charge < -0.3 is 5.32 Å². The molecule has 0 unspecified atom stereocenters. The summed E-state index contributed by atoms with van der Waals surface area (Å²) in [6.45, 7) is 0. The minimum Gasteiger partial charge on any atom is -0.332 e. The van der Waals surface area contributed by atoms with Gasteiger partial charge in [0.1, 0.15) is 5.54 Å². The molecule has 1 amide bonds. The lowest BCUT2D eigenvalue weighted by atomic mass is 10.0. The summed E-state index contributed by atoms with van der Waals surface area (Å²) in [5, 5.41) is 16.9. The number of halogens is 1. The maximum Gasteiger partial charge on any atom is 0.273 e. The summed E-state index contributed by atoms with van der Waals surface area (Å²) >= 11 is 7.79. The van der Waals surface area contributed by atoms with Crippen molar-refractivity contribution in [1.82, 2.24) is 15.1 Å². The van der Waals surface area contributed by atoms with Crippen LogP contribution in [0.2, 0.25) is 5.02 Å². The molecule has 2 heterocycles. The van der Waals surface area contributed by atoms with Crippen molar-refractivity contribution in [3.63, 3.8) is 0 Å². The first-order valence-corrected chi connectivity index (χ1v) is 8.29. The van der Waals surface area contributed by atoms with E-state index in [1.807, 2.05) is 18.2 Å². The maximum atomic E-state index is 12.3. The van der Waals surface area contributed by atoms with Crippen LogP contribution in [0.3, 0.4) is 0 Å². The zero-order valence-electron chi connectivity index (χ0n) is 11.6. The van der Waals surface area contributed by atoms with Crippen molar-refractivity contribution in [2.24, 2.45) is 0 Å². The predicted octanol–water partition coefficient (Wildman–Crippen LogP) is 2.65. The van der Waals surface area contributed by atoms with Crippen molar-refractivity contribution in [2.45, 2.75) is 12.0 Å². The van der Waals surface area contributed by atoms with Crippen LogP contribution in [0.4, 0.5) is 0 Å². The Labute approximate surface area is 137 Å². The van der Waals surface area contributed by atoms with Crippen LogP contribution >= 0.6 is 23.4 Å². The number of amides is 1. The number of thioether (sulfide) groups is 1. The van der Waals surface area contributed by atoms with Gasteiger partial charge in [-0.25, -0.2) is 4.68 Å². The summed E-state index contributed by atoms with van der Waals surface area (Å²) < 4.78 is 1.56. The number of rotatable bonds is 3. The van der Waals surface area contributed by atoms with Gasteiger partial charge in [-0.05, 0) is 30.4 Å². The minimum absolute atomic E-state index is 0.270. The number of nitriles is 1. The number of hydrogen-bond acceptors (Lipinski definition) is 4. The number of aromatic nitrogens is 2. The molecule has 1 aromatic heterocycles. The SMILES string of the molecule is N#C[C@]1(NC(=O)c2ccn(-c3ccccc3Cl)n2)CCSC1. The number of carbonyl (C=O) groups is 1. The Hall–Kier alpha value is -1.97. The fourth-order valence-electron chi connectivity index (χ4n) is 2.28. The van der Waals surface area contributed by atoms with E-state index in [2.05, 4.69) is 16.5 Å². The van der Waals surface area contributed by atoms with Gasteiger partial charge in [0.25, 0.3) is 5.91 Å². The molecule has 2 aromatic rings. The topological polar surface area (TPSA) is 70.7 Å². The van der Waals surface area contributed by atoms with Gasteiger partial charge in [-0.1, -0.05) is 23.7 Å². The summed E-state index contributed by atoms with van der Waals surface area (Å²) in [5.41, 5.74) is 0.191. The molecule has 1 fully saturated rings. The van der Waals surface area contributed by atoms with E-state index in [4.69, 9.17) is 11.6 Å². The summed E-state index contributed by atoms with van der Waals surface area (Å²) in [6, 6.07) is 11.1. The average molecular weight is 333 g/mol. The Morgan fingerprint density at radius 1 is 1.45 bits per heavy atom. The van der Waals surface area contributed by atoms with E-state index >= 15 is 0 Å². The normalized spacial score (nSPS) is 20.5. The highest BCUT2D eigenvalue weighted by atomic mass is 35.5. The maximum absolute atomic E-state index is 12.3. The van der Waals surface area contributed by atoms with Crippen molar-refractivity contribution in [2.75, 3.05) is 11.5 Å². The van der Waals surface area contributed by atoms with E-state index in [0.29, 0.717) is 22.9 Å². The number of para-hydroxylation sites is 1. The highest BCUT2D eigenvalue weighted by Crippen LogP contribution is 2.27. The smallest absolute Gasteiger partial charge is 0.273 e. The lowest BCUT2D eigenvalue weighted by Crippen LogP contribution is -2.47. The van der Waals surface area contributed by atoms with Crippen LogP contribution in [0.15, 0.2) is 36.5 Å². The van der Waals surface area contributed by atoms with Crippen molar-refractivity contribution in [1.29, 1.82) is 5.26 Å². The molecule has 0 bridgehead atoms. The standard InChI is InChI=1S/C15H13ClN4OS/c16-11-3-1-2-4-13(11)20-7-5-12(19-20)14(21)18-15(9-17)6-8-22-10-15/h1-5,7H,6,8,10H2,(H,18,21)/t15-/m1/s1. The van der Waals surface area contributed by atoms with Crippen LogP contribution in [0, 0.1) is 11.3 Å². The molecular weight excluding hydrogens is 320 g/mol. The second-order valence-electron chi connectivity index (χ2n) is 5.05. The van der Waals surface area contributed by atoms with E-state index in [-0.39, 0.29) is 11.6 Å². The zero-order valence-corrected chi connectivity index (χ0v) is 13.2. The summed E-state index contributed by atoms with van der Waals surface area (Å²) in [6.07, 6.45) is 2.34. The van der Waals surface area contributed by atoms with E-state index < -0.39 is 5.54 Å². The van der Waals surface area contributed by atoms with Gasteiger partial charge in [0, 0.05) is 11.9 Å². The Kier molecular flexibility index (Phi) is 4.10. The number of nitrogens with one attached hydrogen (secondary N) is 1. The molecular formula is C15H13ClN4OS. The molecule has 0 aliphatic carbocycles. The van der Waals surface area contributed by atoms with Crippen LogP contribution in [0.1, 0.15) is 16.9 Å². The largest absolute Gasteiger partial charge is 0.332 e. The van der Waals surface area contributed by atoms with Crippen molar-refractivity contribution in [3.8, 4) is 11.8 Å². The van der Waals surface area contributed by atoms with Gasteiger partial charge in [-0.3, -0.25) is 4.79 Å². The number of carbonyl (C=O) groups excluding carboxylic acids is 1. The summed E-state index contributed by atoms with van der Waals surface area (Å²) in [7, 11) is 0. The second kappa shape index (κ2) is 6.03. The molecule has 0 spiro atoms. The molecule has 5 nitrogen and oxygen atoms in total. The molecule has 1 aliphatic rings. The van der Waals surface area contributed by atoms with Crippen LogP contribution < -0.4 is 5.32 Å². The fraction of sp³-hybridized carbons (Fsp3) is 0.267. The number of benzene rings is 1. The highest BCUT2D eigenvalue weighted by Gasteiger charge is 2.36. The number of nitrogens with zero attached hydrogens (tertiary/aromatic N) is 3. The van der Waals surface area contributed by atoms with Crippen molar-refractivity contribution >= 4 is 29.3 Å². The monoisotopic (exact) mass is 332 g/mol. The first-order chi connectivity index (χ1) is 10.6. The fourth-order valence-corrected chi connectivity index (χ4v) is 3.77. The Morgan fingerprint density at radius 2 is 2.27 bits per heavy atom. The quantitative estimate of drug-likeness (QED) is 0.938. The van der Waals surface area contributed by atoms with Gasteiger partial charge in [0.15, 0.2) is 5.69 Å². The third kappa shape index (κ3) is 2.82. The molecule has 1 atom stereocenters. The third-order valence-electron chi connectivity index (χ3n) is 3.51. The molecule has 3 rings (SSSR count). The molecule has 1 saturated heterocycles. The molecule has 112 valence electrons. The van der Waals surface area contributed by atoms with Gasteiger partial charge in [0.2, 0.25) is 0 Å². The summed E-state index contributed by atoms with van der Waals surface area (Å²) in [5.74, 6) is 1.15. The van der Waals surface area contributed by atoms with E-state index in [1.54, 1.807) is 34.8 Å². The minimum atomic E-state index is -0.782. The highest BCUT2D eigenvalue weighted by molar-refractivity contribution is 7.99. The average Bonchev–Trinajstić information content (AvgIpc) is 3.17. The van der Waals surface area contributed by atoms with Gasteiger partial charge in [-0.2, -0.15) is 22.1 Å². The Bertz CT molecular complexity index is 746. The molecule has 0 saturated carbocycles. The van der Waals surface area contributed by atoms with Gasteiger partial charge in [0.05, 0.1) is 16.8 Å². The van der Waals surface area contributed by atoms with Crippen LogP contribution in [-0.4, -0.2) is 32.7 Å². The van der Waals surface area contributed by atoms with Crippen molar-refractivity contribution in [3.05, 3.63) is 47.2 Å². The van der Waals surface area contributed by atoms with E-state index in [0.717, 1.165) is 5.75 Å². The first kappa shape index (κ1) is 14.9. The Morgan fingerprint density at radius 3 is 2.95 bits per heavy atom. The molecule has 7 heteroatoms. The lowest BCUT2D eigenvalue weighted by molar-refractivity contribution is 0.0920. The molecule has 1 aromatic carbocycles. The second-order valence-corrected chi connectivity index (χ2v) is 6.56. The Balaban J connectivity index is 1.81. The summed E-state index contributed by atoms with van der Waals surface area (Å²) in [4.78, 5) is 12.3. The molecule has 1 N–H and O–H groups in total. The zero-order chi connectivity index (χ0) is 15.6. The van der Waals surface area contributed by atoms with Gasteiger partial charge >= 0.3 is 0 Å². The van der Waals surface area contributed by atoms with Gasteiger partial charge in [-0.15, -0.1) is 0 Å². The number of hydrogen-bond donors (Lipinski definition) is 1. The van der Waals surface area contributed by atoms with Crippen LogP contribution in [-0.2, 0) is 0 Å². The van der Waals surface area contributed by atoms with E-state index in [9.17, 15) is 10.1 Å². The van der Waals surface area contributed by atoms with Crippen LogP contribution in [0.5, 0.6) is 0 Å².